The first-order valence-corrected chi connectivity index (χ1v) is 9.91. The summed E-state index contributed by atoms with van der Waals surface area (Å²) < 4.78 is 46.1. The fraction of sp³-hybridized carbons (Fsp3) is 0.562. The Kier molecular flexibility index (Phi) is 5.34. The maximum absolute atomic E-state index is 14.0. The first kappa shape index (κ1) is 18.6. The molecule has 2 aliphatic rings. The Morgan fingerprint density at radius 1 is 1.32 bits per heavy atom. The van der Waals surface area contributed by atoms with Gasteiger partial charge in [-0.1, -0.05) is 17.7 Å². The molecule has 2 aliphatic heterocycles. The summed E-state index contributed by atoms with van der Waals surface area (Å²) in [6, 6.07) is 3.34. The highest BCUT2D eigenvalue weighted by atomic mass is 35.5. The van der Waals surface area contributed by atoms with Gasteiger partial charge in [-0.2, -0.15) is 4.31 Å². The van der Waals surface area contributed by atoms with Crippen molar-refractivity contribution < 1.29 is 22.3 Å². The summed E-state index contributed by atoms with van der Waals surface area (Å²) in [5, 5.41) is 0.313. The molecule has 2 fully saturated rings. The van der Waals surface area contributed by atoms with Crippen LogP contribution in [0.5, 0.6) is 0 Å². The van der Waals surface area contributed by atoms with E-state index in [4.69, 9.17) is 16.3 Å². The van der Waals surface area contributed by atoms with Gasteiger partial charge < -0.3 is 9.64 Å². The fourth-order valence-electron chi connectivity index (χ4n) is 3.11. The summed E-state index contributed by atoms with van der Waals surface area (Å²) in [4.78, 5) is 14.2. The molecule has 0 N–H and O–H groups in total. The Hall–Kier alpha value is -1.22. The number of sulfonamides is 1. The zero-order valence-corrected chi connectivity index (χ0v) is 15.4. The lowest BCUT2D eigenvalue weighted by Crippen LogP contribution is -2.50. The molecule has 0 unspecified atom stereocenters. The minimum absolute atomic E-state index is 0.0306. The number of hydrogen-bond donors (Lipinski definition) is 0. The van der Waals surface area contributed by atoms with Gasteiger partial charge in [-0.05, 0) is 24.6 Å². The Morgan fingerprint density at radius 2 is 2.00 bits per heavy atom. The molecule has 2 atom stereocenters. The Labute approximate surface area is 151 Å². The maximum Gasteiger partial charge on any atom is 0.243 e. The number of morpholine rings is 1. The number of rotatable bonds is 3. The van der Waals surface area contributed by atoms with Crippen molar-refractivity contribution in [1.29, 1.82) is 0 Å². The van der Waals surface area contributed by atoms with Crippen LogP contribution in [-0.4, -0.2) is 68.6 Å². The van der Waals surface area contributed by atoms with Gasteiger partial charge in [0.1, 0.15) is 12.2 Å². The molecule has 6 nitrogen and oxygen atoms in total. The number of halogens is 2. The van der Waals surface area contributed by atoms with Crippen molar-refractivity contribution >= 4 is 27.5 Å². The third-order valence-electron chi connectivity index (χ3n) is 4.56. The largest absolute Gasteiger partial charge is 0.378 e. The van der Waals surface area contributed by atoms with Crippen molar-refractivity contribution in [2.45, 2.75) is 30.5 Å². The number of ether oxygens (including phenoxy) is 1. The molecule has 0 aliphatic carbocycles. The van der Waals surface area contributed by atoms with Crippen molar-refractivity contribution in [2.75, 3.05) is 32.8 Å². The highest BCUT2D eigenvalue weighted by molar-refractivity contribution is 7.89. The molecule has 0 bridgehead atoms. The lowest BCUT2D eigenvalue weighted by molar-refractivity contribution is -0.138. The number of nitrogens with zero attached hydrogens (tertiary/aromatic N) is 2. The Morgan fingerprint density at radius 3 is 2.64 bits per heavy atom. The fourth-order valence-corrected chi connectivity index (χ4v) is 5.00. The van der Waals surface area contributed by atoms with Crippen LogP contribution in [0.3, 0.4) is 0 Å². The van der Waals surface area contributed by atoms with E-state index < -0.39 is 22.2 Å². The van der Waals surface area contributed by atoms with E-state index in [1.165, 1.54) is 17.0 Å². The smallest absolute Gasteiger partial charge is 0.243 e. The summed E-state index contributed by atoms with van der Waals surface area (Å²) in [5.41, 5.74) is 0.742. The summed E-state index contributed by atoms with van der Waals surface area (Å²) in [7, 11) is -4.01. The van der Waals surface area contributed by atoms with Crippen molar-refractivity contribution in [3.05, 3.63) is 28.8 Å². The van der Waals surface area contributed by atoms with Gasteiger partial charge >= 0.3 is 0 Å². The molecule has 1 amide bonds. The predicted octanol–water partition coefficient (Wildman–Crippen LogP) is 1.61. The van der Waals surface area contributed by atoms with Crippen LogP contribution >= 0.6 is 11.6 Å². The van der Waals surface area contributed by atoms with Crippen LogP contribution in [-0.2, 0) is 19.6 Å². The molecule has 0 aromatic heterocycles. The van der Waals surface area contributed by atoms with Crippen molar-refractivity contribution in [2.24, 2.45) is 0 Å². The second kappa shape index (κ2) is 7.19. The highest BCUT2D eigenvalue weighted by Crippen LogP contribution is 2.31. The number of aryl methyl sites for hydroxylation is 1. The topological polar surface area (TPSA) is 66.9 Å². The van der Waals surface area contributed by atoms with Crippen molar-refractivity contribution in [1.82, 2.24) is 9.21 Å². The molecule has 3 rings (SSSR count). The summed E-state index contributed by atoms with van der Waals surface area (Å²) >= 11 is 6.03. The van der Waals surface area contributed by atoms with E-state index in [1.807, 2.05) is 0 Å². The van der Waals surface area contributed by atoms with Gasteiger partial charge in [0.15, 0.2) is 0 Å². The van der Waals surface area contributed by atoms with Crippen LogP contribution < -0.4 is 0 Å². The van der Waals surface area contributed by atoms with Gasteiger partial charge in [0, 0.05) is 31.1 Å². The quantitative estimate of drug-likeness (QED) is 0.786. The molecule has 0 saturated carbocycles. The Balaban J connectivity index is 1.89. The number of benzene rings is 1. The lowest BCUT2D eigenvalue weighted by atomic mass is 10.2. The second-order valence-electron chi connectivity index (χ2n) is 6.27. The zero-order chi connectivity index (χ0) is 18.2. The molecule has 9 heteroatoms. The molecule has 1 aromatic rings. The van der Waals surface area contributed by atoms with Crippen LogP contribution in [0.1, 0.15) is 12.0 Å². The third kappa shape index (κ3) is 3.67. The zero-order valence-electron chi connectivity index (χ0n) is 13.8. The average molecular weight is 391 g/mol. The van der Waals surface area contributed by atoms with Gasteiger partial charge in [-0.3, -0.25) is 4.79 Å². The first-order valence-electron chi connectivity index (χ1n) is 8.09. The van der Waals surface area contributed by atoms with Crippen LogP contribution in [0.25, 0.3) is 0 Å². The van der Waals surface area contributed by atoms with E-state index in [-0.39, 0.29) is 23.8 Å². The molecule has 25 heavy (non-hydrogen) atoms. The molecule has 138 valence electrons. The monoisotopic (exact) mass is 390 g/mol. The average Bonchev–Trinajstić information content (AvgIpc) is 3.00. The molecule has 0 spiro atoms. The molecule has 0 radical (unpaired) electrons. The standard InChI is InChI=1S/C16H20ClFN2O4S/c1-11-2-3-13(9-14(11)17)25(22,23)20-10-12(18)8-15(20)16(21)19-4-6-24-7-5-19/h2-3,9,12,15H,4-8,10H2,1H3/t12-,15-/m1/s1. The number of carbonyl (C=O) groups excluding carboxylic acids is 1. The minimum Gasteiger partial charge on any atom is -0.378 e. The summed E-state index contributed by atoms with van der Waals surface area (Å²) in [5.74, 6) is -0.370. The summed E-state index contributed by atoms with van der Waals surface area (Å²) in [6.07, 6.45) is -1.50. The van der Waals surface area contributed by atoms with Gasteiger partial charge in [-0.15, -0.1) is 0 Å². The molecule has 2 saturated heterocycles. The van der Waals surface area contributed by atoms with E-state index in [0.29, 0.717) is 31.3 Å². The van der Waals surface area contributed by atoms with Crippen molar-refractivity contribution in [3.63, 3.8) is 0 Å². The van der Waals surface area contributed by atoms with E-state index >= 15 is 0 Å². The van der Waals surface area contributed by atoms with Crippen LogP contribution in [0.4, 0.5) is 4.39 Å². The van der Waals surface area contributed by atoms with E-state index in [9.17, 15) is 17.6 Å². The molecule has 2 heterocycles. The lowest BCUT2D eigenvalue weighted by Gasteiger charge is -2.32. The van der Waals surface area contributed by atoms with E-state index in [2.05, 4.69) is 0 Å². The summed E-state index contributed by atoms with van der Waals surface area (Å²) in [6.45, 7) is 3.01. The van der Waals surface area contributed by atoms with Crippen molar-refractivity contribution in [3.8, 4) is 0 Å². The normalized spacial score (nSPS) is 25.3. The van der Waals surface area contributed by atoms with Crippen LogP contribution in [0, 0.1) is 6.92 Å². The molecular formula is C16H20ClFN2O4S. The maximum atomic E-state index is 14.0. The van der Waals surface area contributed by atoms with E-state index in [0.717, 1.165) is 9.87 Å². The van der Waals surface area contributed by atoms with Crippen LogP contribution in [0.2, 0.25) is 5.02 Å². The van der Waals surface area contributed by atoms with Gasteiger partial charge in [0.2, 0.25) is 15.9 Å². The highest BCUT2D eigenvalue weighted by Gasteiger charge is 2.45. The van der Waals surface area contributed by atoms with Gasteiger partial charge in [0.25, 0.3) is 0 Å². The van der Waals surface area contributed by atoms with Gasteiger partial charge in [0.05, 0.1) is 18.1 Å². The Bertz CT molecular complexity index is 767. The number of carbonyl (C=O) groups is 1. The van der Waals surface area contributed by atoms with Gasteiger partial charge in [-0.25, -0.2) is 12.8 Å². The number of hydrogen-bond acceptors (Lipinski definition) is 4. The first-order chi connectivity index (χ1) is 11.8. The predicted molar refractivity (Wildman–Crippen MR) is 90.8 cm³/mol. The number of alkyl halides is 1. The molecule has 1 aromatic carbocycles. The third-order valence-corrected chi connectivity index (χ3v) is 6.84. The van der Waals surface area contributed by atoms with Crippen LogP contribution in [0.15, 0.2) is 23.1 Å². The number of amides is 1. The SMILES string of the molecule is Cc1ccc(S(=O)(=O)N2C[C@H](F)C[C@@H]2C(=O)N2CCOCC2)cc1Cl. The second-order valence-corrected chi connectivity index (χ2v) is 8.57. The molecular weight excluding hydrogens is 371 g/mol. The van der Waals surface area contributed by atoms with E-state index in [1.54, 1.807) is 13.0 Å². The minimum atomic E-state index is -4.01.